The number of hydrogen-bond acceptors (Lipinski definition) is 6. The van der Waals surface area contributed by atoms with E-state index in [0.29, 0.717) is 25.7 Å². The van der Waals surface area contributed by atoms with Gasteiger partial charge in [0.05, 0.1) is 39.6 Å². The summed E-state index contributed by atoms with van der Waals surface area (Å²) >= 11 is 0. The lowest BCUT2D eigenvalue weighted by molar-refractivity contribution is -0.0896. The Kier molecular flexibility index (Phi) is 6.49. The summed E-state index contributed by atoms with van der Waals surface area (Å²) in [6.45, 7) is 2.79. The number of epoxide rings is 1. The summed E-state index contributed by atoms with van der Waals surface area (Å²) in [7, 11) is 0. The SMILES string of the molecule is OCC(O)COC(COCC1CC1)COCC1CO1. The van der Waals surface area contributed by atoms with Gasteiger partial charge in [0.25, 0.3) is 0 Å². The van der Waals surface area contributed by atoms with Gasteiger partial charge >= 0.3 is 0 Å². The lowest BCUT2D eigenvalue weighted by atomic mass is 10.3. The predicted molar refractivity (Wildman–Crippen MR) is 66.9 cm³/mol. The van der Waals surface area contributed by atoms with E-state index in [1.54, 1.807) is 0 Å². The summed E-state index contributed by atoms with van der Waals surface area (Å²) in [5.41, 5.74) is 0. The van der Waals surface area contributed by atoms with Gasteiger partial charge in [-0.25, -0.2) is 0 Å². The van der Waals surface area contributed by atoms with E-state index < -0.39 is 6.10 Å². The number of rotatable bonds is 12. The maximum atomic E-state index is 9.28. The molecule has 2 rings (SSSR count). The average molecular weight is 276 g/mol. The number of aliphatic hydroxyl groups excluding tert-OH is 2. The molecule has 0 bridgehead atoms. The Bertz CT molecular complexity index is 223. The van der Waals surface area contributed by atoms with Crippen LogP contribution in [0.3, 0.4) is 0 Å². The van der Waals surface area contributed by atoms with E-state index in [4.69, 9.17) is 24.1 Å². The van der Waals surface area contributed by atoms with Crippen molar-refractivity contribution in [2.75, 3.05) is 46.2 Å². The normalized spacial score (nSPS) is 25.3. The van der Waals surface area contributed by atoms with Crippen molar-refractivity contribution in [2.24, 2.45) is 5.92 Å². The summed E-state index contributed by atoms with van der Waals surface area (Å²) in [5.74, 6) is 0.712. The molecule has 2 aliphatic rings. The fourth-order valence-electron chi connectivity index (χ4n) is 1.59. The third-order valence-corrected chi connectivity index (χ3v) is 3.10. The lowest BCUT2D eigenvalue weighted by Crippen LogP contribution is -2.31. The maximum Gasteiger partial charge on any atom is 0.104 e. The van der Waals surface area contributed by atoms with Gasteiger partial charge < -0.3 is 29.2 Å². The summed E-state index contributed by atoms with van der Waals surface area (Å²) in [6.07, 6.45) is 1.68. The highest BCUT2D eigenvalue weighted by atomic mass is 16.6. The van der Waals surface area contributed by atoms with E-state index in [-0.39, 0.29) is 25.4 Å². The van der Waals surface area contributed by atoms with Crippen molar-refractivity contribution in [2.45, 2.75) is 31.2 Å². The van der Waals surface area contributed by atoms with Crippen LogP contribution in [0.15, 0.2) is 0 Å². The molecule has 19 heavy (non-hydrogen) atoms. The molecular formula is C13H24O6. The first-order chi connectivity index (χ1) is 9.28. The molecule has 1 saturated carbocycles. The van der Waals surface area contributed by atoms with Crippen molar-refractivity contribution in [1.29, 1.82) is 0 Å². The Morgan fingerprint density at radius 3 is 2.37 bits per heavy atom. The van der Waals surface area contributed by atoms with Gasteiger partial charge in [-0.3, -0.25) is 0 Å². The van der Waals surface area contributed by atoms with Crippen molar-refractivity contribution >= 4 is 0 Å². The van der Waals surface area contributed by atoms with E-state index in [9.17, 15) is 5.11 Å². The molecule has 2 N–H and O–H groups in total. The van der Waals surface area contributed by atoms with Gasteiger partial charge in [0.2, 0.25) is 0 Å². The van der Waals surface area contributed by atoms with Crippen LogP contribution in [0, 0.1) is 5.92 Å². The molecule has 0 radical (unpaired) electrons. The Hall–Kier alpha value is -0.240. The van der Waals surface area contributed by atoms with Gasteiger partial charge in [-0.05, 0) is 18.8 Å². The summed E-state index contributed by atoms with van der Waals surface area (Å²) in [4.78, 5) is 0. The molecule has 1 aliphatic carbocycles. The van der Waals surface area contributed by atoms with E-state index in [2.05, 4.69) is 0 Å². The minimum atomic E-state index is -0.849. The highest BCUT2D eigenvalue weighted by Crippen LogP contribution is 2.28. The first-order valence-electron chi connectivity index (χ1n) is 6.95. The molecule has 1 saturated heterocycles. The zero-order valence-electron chi connectivity index (χ0n) is 11.2. The van der Waals surface area contributed by atoms with Gasteiger partial charge in [0.1, 0.15) is 18.3 Å². The van der Waals surface area contributed by atoms with Crippen LogP contribution in [0.1, 0.15) is 12.8 Å². The molecule has 3 atom stereocenters. The first kappa shape index (κ1) is 15.2. The van der Waals surface area contributed by atoms with Gasteiger partial charge in [-0.1, -0.05) is 0 Å². The second kappa shape index (κ2) is 8.14. The molecule has 1 heterocycles. The molecule has 2 fully saturated rings. The zero-order valence-corrected chi connectivity index (χ0v) is 11.2. The summed E-state index contributed by atoms with van der Waals surface area (Å²) < 4.78 is 21.6. The van der Waals surface area contributed by atoms with E-state index in [1.807, 2.05) is 0 Å². The Balaban J connectivity index is 1.57. The summed E-state index contributed by atoms with van der Waals surface area (Å²) in [5, 5.41) is 18.0. The summed E-state index contributed by atoms with van der Waals surface area (Å²) in [6, 6.07) is 0. The minimum absolute atomic E-state index is 0.0945. The second-order valence-electron chi connectivity index (χ2n) is 5.27. The molecule has 6 nitrogen and oxygen atoms in total. The molecule has 0 aromatic heterocycles. The molecule has 6 heteroatoms. The van der Waals surface area contributed by atoms with Crippen LogP contribution in [0.4, 0.5) is 0 Å². The fourth-order valence-corrected chi connectivity index (χ4v) is 1.59. The Morgan fingerprint density at radius 1 is 1.11 bits per heavy atom. The first-order valence-corrected chi connectivity index (χ1v) is 6.95. The molecule has 3 unspecified atom stereocenters. The Labute approximate surface area is 113 Å². The zero-order chi connectivity index (χ0) is 13.5. The third kappa shape index (κ3) is 7.20. The second-order valence-corrected chi connectivity index (χ2v) is 5.27. The minimum Gasteiger partial charge on any atom is -0.394 e. The van der Waals surface area contributed by atoms with Crippen molar-refractivity contribution in [3.8, 4) is 0 Å². The number of ether oxygens (including phenoxy) is 4. The van der Waals surface area contributed by atoms with Crippen molar-refractivity contribution in [3.63, 3.8) is 0 Å². The van der Waals surface area contributed by atoms with Crippen LogP contribution >= 0.6 is 0 Å². The third-order valence-electron chi connectivity index (χ3n) is 3.10. The highest BCUT2D eigenvalue weighted by Gasteiger charge is 2.24. The van der Waals surface area contributed by atoms with Gasteiger partial charge in [0.15, 0.2) is 0 Å². The lowest BCUT2D eigenvalue weighted by Gasteiger charge is -2.19. The molecular weight excluding hydrogens is 252 g/mol. The van der Waals surface area contributed by atoms with Crippen LogP contribution in [0.25, 0.3) is 0 Å². The van der Waals surface area contributed by atoms with Crippen molar-refractivity contribution in [3.05, 3.63) is 0 Å². The fraction of sp³-hybridized carbons (Fsp3) is 1.00. The van der Waals surface area contributed by atoms with Crippen LogP contribution < -0.4 is 0 Å². The van der Waals surface area contributed by atoms with Crippen LogP contribution in [-0.2, 0) is 18.9 Å². The van der Waals surface area contributed by atoms with Gasteiger partial charge in [-0.15, -0.1) is 0 Å². The van der Waals surface area contributed by atoms with Crippen molar-refractivity contribution in [1.82, 2.24) is 0 Å². The molecule has 0 aromatic rings. The van der Waals surface area contributed by atoms with Crippen LogP contribution in [0.2, 0.25) is 0 Å². The Morgan fingerprint density at radius 2 is 1.79 bits per heavy atom. The van der Waals surface area contributed by atoms with Gasteiger partial charge in [-0.2, -0.15) is 0 Å². The van der Waals surface area contributed by atoms with E-state index in [0.717, 1.165) is 13.2 Å². The number of aliphatic hydroxyl groups is 2. The quantitative estimate of drug-likeness (QED) is 0.471. The standard InChI is InChI=1S/C13H24O6/c14-3-11(15)5-18-12(6-16-4-10-1-2-10)7-17-8-13-9-19-13/h10-15H,1-9H2. The molecule has 112 valence electrons. The topological polar surface area (TPSA) is 80.7 Å². The number of hydrogen-bond donors (Lipinski definition) is 2. The molecule has 1 aliphatic heterocycles. The largest absolute Gasteiger partial charge is 0.394 e. The van der Waals surface area contributed by atoms with Gasteiger partial charge in [0, 0.05) is 6.61 Å². The van der Waals surface area contributed by atoms with E-state index >= 15 is 0 Å². The molecule has 0 amide bonds. The average Bonchev–Trinajstić information content (AvgIpc) is 3.28. The van der Waals surface area contributed by atoms with E-state index in [1.165, 1.54) is 12.8 Å². The van der Waals surface area contributed by atoms with Crippen molar-refractivity contribution < 1.29 is 29.2 Å². The predicted octanol–water partition coefficient (Wildman–Crippen LogP) is -0.433. The monoisotopic (exact) mass is 276 g/mol. The van der Waals surface area contributed by atoms with Crippen LogP contribution in [0.5, 0.6) is 0 Å². The van der Waals surface area contributed by atoms with Crippen LogP contribution in [-0.4, -0.2) is 74.8 Å². The molecule has 0 spiro atoms. The molecule has 0 aromatic carbocycles. The maximum absolute atomic E-state index is 9.28. The smallest absolute Gasteiger partial charge is 0.104 e. The highest BCUT2D eigenvalue weighted by molar-refractivity contribution is 4.72.